The zero-order valence-electron chi connectivity index (χ0n) is 6.47. The Hall–Kier alpha value is -0.340. The summed E-state index contributed by atoms with van der Waals surface area (Å²) in [6.45, 7) is 0. The van der Waals surface area contributed by atoms with Gasteiger partial charge in [-0.25, -0.2) is 9.32 Å². The van der Waals surface area contributed by atoms with Gasteiger partial charge >= 0.3 is 16.5 Å². The second-order valence-corrected chi connectivity index (χ2v) is 4.07. The minimum atomic E-state index is -4.68. The topological polar surface area (TPSA) is 69.4 Å². The molecule has 8 heteroatoms. The van der Waals surface area contributed by atoms with Crippen LogP contribution in [0.1, 0.15) is 19.3 Å². The Morgan fingerprint density at radius 3 is 1.85 bits per heavy atom. The summed E-state index contributed by atoms with van der Waals surface area (Å²) in [6, 6.07) is 0. The quantitative estimate of drug-likeness (QED) is 0.742. The molecule has 1 aliphatic carbocycles. The highest BCUT2D eigenvalue weighted by Gasteiger charge is 2.61. The number of nitrogens with two attached hydrogens (primary N) is 1. The van der Waals surface area contributed by atoms with Gasteiger partial charge in [-0.2, -0.15) is 21.6 Å². The van der Waals surface area contributed by atoms with Gasteiger partial charge in [0.1, 0.15) is 0 Å². The summed E-state index contributed by atoms with van der Waals surface area (Å²) in [7, 11) is -4.55. The summed E-state index contributed by atoms with van der Waals surface area (Å²) >= 11 is 0. The van der Waals surface area contributed by atoms with E-state index in [1.807, 2.05) is 0 Å². The molecule has 0 heterocycles. The molecule has 0 aromatic carbocycles. The van der Waals surface area contributed by atoms with Crippen molar-refractivity contribution in [3.8, 4) is 0 Å². The van der Waals surface area contributed by atoms with Crippen molar-refractivity contribution in [2.24, 2.45) is 5.14 Å². The SMILES string of the molecule is NS(=O)(=O)OC1(C(F)(F)F)CCC1. The highest BCUT2D eigenvalue weighted by Crippen LogP contribution is 2.48. The normalized spacial score (nSPS) is 22.5. The van der Waals surface area contributed by atoms with Crippen LogP contribution in [0.3, 0.4) is 0 Å². The Balaban J connectivity index is 2.84. The van der Waals surface area contributed by atoms with Crippen molar-refractivity contribution in [3.05, 3.63) is 0 Å². The summed E-state index contributed by atoms with van der Waals surface area (Å²) in [4.78, 5) is 0. The molecule has 0 aliphatic heterocycles. The van der Waals surface area contributed by atoms with Crippen LogP contribution in [0.4, 0.5) is 13.2 Å². The maximum Gasteiger partial charge on any atom is 0.418 e. The zero-order chi connectivity index (χ0) is 10.3. The van der Waals surface area contributed by atoms with Gasteiger partial charge in [0.05, 0.1) is 0 Å². The van der Waals surface area contributed by atoms with Crippen LogP contribution in [0.2, 0.25) is 0 Å². The third-order valence-corrected chi connectivity index (χ3v) is 2.50. The smallest absolute Gasteiger partial charge is 0.242 e. The molecule has 0 aromatic rings. The average Bonchev–Trinajstić information content (AvgIpc) is 1.73. The van der Waals surface area contributed by atoms with E-state index in [0.717, 1.165) is 0 Å². The Bertz CT molecular complexity index is 293. The minimum Gasteiger partial charge on any atom is -0.242 e. The first-order valence-electron chi connectivity index (χ1n) is 3.46. The third kappa shape index (κ3) is 2.12. The Labute approximate surface area is 73.1 Å². The van der Waals surface area contributed by atoms with Crippen molar-refractivity contribution in [3.63, 3.8) is 0 Å². The van der Waals surface area contributed by atoms with Crippen molar-refractivity contribution in [1.29, 1.82) is 0 Å². The van der Waals surface area contributed by atoms with Gasteiger partial charge in [-0.15, -0.1) is 0 Å². The molecular formula is C5H8F3NO3S. The van der Waals surface area contributed by atoms with Crippen LogP contribution in [0.15, 0.2) is 0 Å². The largest absolute Gasteiger partial charge is 0.418 e. The van der Waals surface area contributed by atoms with Crippen LogP contribution in [-0.2, 0) is 14.5 Å². The molecule has 78 valence electrons. The predicted octanol–water partition coefficient (Wildman–Crippen LogP) is 0.692. The third-order valence-electron chi connectivity index (χ3n) is 1.95. The lowest BCUT2D eigenvalue weighted by Gasteiger charge is -2.40. The lowest BCUT2D eigenvalue weighted by molar-refractivity contribution is -0.273. The lowest BCUT2D eigenvalue weighted by atomic mass is 9.80. The lowest BCUT2D eigenvalue weighted by Crippen LogP contribution is -2.54. The van der Waals surface area contributed by atoms with Crippen LogP contribution in [0.25, 0.3) is 0 Å². The van der Waals surface area contributed by atoms with E-state index < -0.39 is 22.1 Å². The Kier molecular flexibility index (Phi) is 2.33. The summed E-state index contributed by atoms with van der Waals surface area (Å²) in [5, 5.41) is 4.38. The minimum absolute atomic E-state index is 0.287. The first-order chi connectivity index (χ1) is 5.66. The van der Waals surface area contributed by atoms with Crippen molar-refractivity contribution < 1.29 is 25.8 Å². The van der Waals surface area contributed by atoms with Gasteiger partial charge in [-0.3, -0.25) is 0 Å². The van der Waals surface area contributed by atoms with Crippen molar-refractivity contribution in [1.82, 2.24) is 0 Å². The van der Waals surface area contributed by atoms with E-state index in [0.29, 0.717) is 0 Å². The molecule has 1 rings (SSSR count). The molecule has 13 heavy (non-hydrogen) atoms. The average molecular weight is 219 g/mol. The van der Waals surface area contributed by atoms with Crippen molar-refractivity contribution in [2.45, 2.75) is 31.0 Å². The van der Waals surface area contributed by atoms with Gasteiger partial charge in [-0.1, -0.05) is 0 Å². The number of hydrogen-bond donors (Lipinski definition) is 1. The standard InChI is InChI=1S/C5H8F3NO3S/c6-5(7,8)4(2-1-3-4)12-13(9,10)11/h1-3H2,(H2,9,10,11). The molecule has 0 amide bonds. The van der Waals surface area contributed by atoms with Gasteiger partial charge in [0.2, 0.25) is 0 Å². The second kappa shape index (κ2) is 2.82. The predicted molar refractivity (Wildman–Crippen MR) is 36.8 cm³/mol. The molecule has 0 saturated heterocycles. The summed E-state index contributed by atoms with van der Waals surface area (Å²) in [6.07, 6.45) is -5.10. The van der Waals surface area contributed by atoms with Crippen molar-refractivity contribution in [2.75, 3.05) is 0 Å². The molecule has 1 saturated carbocycles. The van der Waals surface area contributed by atoms with Crippen LogP contribution < -0.4 is 5.14 Å². The van der Waals surface area contributed by atoms with Crippen LogP contribution in [-0.4, -0.2) is 20.2 Å². The molecule has 0 aromatic heterocycles. The molecule has 1 fully saturated rings. The molecule has 2 N–H and O–H groups in total. The number of hydrogen-bond acceptors (Lipinski definition) is 3. The van der Waals surface area contributed by atoms with E-state index in [1.165, 1.54) is 0 Å². The molecule has 4 nitrogen and oxygen atoms in total. The molecule has 0 bridgehead atoms. The fourth-order valence-corrected chi connectivity index (χ4v) is 1.84. The Morgan fingerprint density at radius 2 is 1.77 bits per heavy atom. The van der Waals surface area contributed by atoms with E-state index in [4.69, 9.17) is 0 Å². The van der Waals surface area contributed by atoms with E-state index in [9.17, 15) is 21.6 Å². The molecular weight excluding hydrogens is 211 g/mol. The highest BCUT2D eigenvalue weighted by molar-refractivity contribution is 7.84. The van der Waals surface area contributed by atoms with Gasteiger partial charge in [-0.05, 0) is 19.3 Å². The van der Waals surface area contributed by atoms with E-state index in [-0.39, 0.29) is 19.3 Å². The van der Waals surface area contributed by atoms with E-state index in [2.05, 4.69) is 9.32 Å². The molecule has 0 unspecified atom stereocenters. The van der Waals surface area contributed by atoms with Crippen LogP contribution in [0.5, 0.6) is 0 Å². The molecule has 0 atom stereocenters. The first-order valence-corrected chi connectivity index (χ1v) is 4.94. The summed E-state index contributed by atoms with van der Waals surface area (Å²) in [5.41, 5.74) is -2.57. The fraction of sp³-hybridized carbons (Fsp3) is 1.00. The first kappa shape index (κ1) is 10.7. The maximum absolute atomic E-state index is 12.2. The second-order valence-electron chi connectivity index (χ2n) is 2.92. The molecule has 0 spiro atoms. The van der Waals surface area contributed by atoms with Gasteiger partial charge in [0.15, 0.2) is 5.60 Å². The summed E-state index contributed by atoms with van der Waals surface area (Å²) < 4.78 is 61.3. The maximum atomic E-state index is 12.2. The fourth-order valence-electron chi connectivity index (χ4n) is 1.13. The van der Waals surface area contributed by atoms with Crippen LogP contribution in [0, 0.1) is 0 Å². The monoisotopic (exact) mass is 219 g/mol. The zero-order valence-corrected chi connectivity index (χ0v) is 7.28. The number of halogens is 3. The summed E-state index contributed by atoms with van der Waals surface area (Å²) in [5.74, 6) is 0. The Morgan fingerprint density at radius 1 is 1.31 bits per heavy atom. The highest BCUT2D eigenvalue weighted by atomic mass is 32.2. The van der Waals surface area contributed by atoms with E-state index >= 15 is 0 Å². The van der Waals surface area contributed by atoms with Crippen LogP contribution >= 0.6 is 0 Å². The van der Waals surface area contributed by atoms with E-state index in [1.54, 1.807) is 0 Å². The van der Waals surface area contributed by atoms with Gasteiger partial charge in [0, 0.05) is 0 Å². The van der Waals surface area contributed by atoms with Gasteiger partial charge in [0.25, 0.3) is 0 Å². The molecule has 1 aliphatic rings. The number of alkyl halides is 3. The van der Waals surface area contributed by atoms with Gasteiger partial charge < -0.3 is 0 Å². The number of rotatable bonds is 2. The van der Waals surface area contributed by atoms with Crippen molar-refractivity contribution >= 4 is 10.3 Å². The molecule has 0 radical (unpaired) electrons.